The predicted molar refractivity (Wildman–Crippen MR) is 137 cm³/mol. The topological polar surface area (TPSA) is 120 Å². The molecular weight excluding hydrogens is 550 g/mol. The van der Waals surface area contributed by atoms with E-state index in [1.807, 2.05) is 0 Å². The van der Waals surface area contributed by atoms with Gasteiger partial charge in [0.15, 0.2) is 11.6 Å². The number of aromatic nitrogens is 4. The van der Waals surface area contributed by atoms with Crippen LogP contribution in [0, 0.1) is 17.7 Å². The number of anilines is 1. The molecule has 14 heteroatoms. The monoisotopic (exact) mass is 579 g/mol. The second-order valence-electron chi connectivity index (χ2n) is 9.90. The molecule has 10 nitrogen and oxygen atoms in total. The normalized spacial score (nSPS) is 17.3. The molecule has 220 valence electrons. The van der Waals surface area contributed by atoms with Crippen molar-refractivity contribution in [3.8, 4) is 11.6 Å². The van der Waals surface area contributed by atoms with Crippen molar-refractivity contribution < 1.29 is 41.7 Å². The first-order valence-electron chi connectivity index (χ1n) is 12.9. The minimum absolute atomic E-state index is 0.0480. The molecule has 1 fully saturated rings. The molecule has 0 aliphatic heterocycles. The van der Waals surface area contributed by atoms with Gasteiger partial charge in [-0.3, -0.25) is 4.79 Å². The van der Waals surface area contributed by atoms with Gasteiger partial charge in [0.25, 0.3) is 0 Å². The molecule has 2 heterocycles. The molecule has 1 amide bonds. The average Bonchev–Trinajstić information content (AvgIpc) is 3.43. The lowest BCUT2D eigenvalue weighted by atomic mass is 9.82. The summed E-state index contributed by atoms with van der Waals surface area (Å²) in [5, 5.41) is 17.6. The van der Waals surface area contributed by atoms with Crippen molar-refractivity contribution in [1.82, 2.24) is 20.0 Å². The number of benzene rings is 1. The summed E-state index contributed by atoms with van der Waals surface area (Å²) in [7, 11) is 1.41. The number of rotatable bonds is 10. The standard InChI is InChI=1S/C27H29F4N5O5/c1-16-3-5-18(6-4-16)25(37)35(9-10-40-2)22-13-21(28)23(12-19(22)26(38)39)41-24-20(27(29,30)31)11-17(14-32-24)15-36-33-7-8-34-36/h7-8,11-14,16,18H,3-6,9-10,15H2,1-2H3,(H,38,39)/t16-,18-. The molecule has 1 saturated carbocycles. The molecule has 1 aromatic carbocycles. The zero-order chi connectivity index (χ0) is 29.7. The maximum Gasteiger partial charge on any atom is 0.421 e. The Morgan fingerprint density at radius 2 is 1.80 bits per heavy atom. The average molecular weight is 580 g/mol. The molecule has 0 radical (unpaired) electrons. The molecular formula is C27H29F4N5O5. The Hall–Kier alpha value is -4.07. The first kappa shape index (κ1) is 29.9. The van der Waals surface area contributed by atoms with E-state index in [0.717, 1.165) is 46.9 Å². The summed E-state index contributed by atoms with van der Waals surface area (Å²) in [6, 6.07) is 2.31. The van der Waals surface area contributed by atoms with E-state index in [2.05, 4.69) is 22.1 Å². The van der Waals surface area contributed by atoms with Crippen LogP contribution in [0.15, 0.2) is 36.8 Å². The number of nitrogens with zero attached hydrogens (tertiary/aromatic N) is 5. The van der Waals surface area contributed by atoms with Crippen LogP contribution in [0.3, 0.4) is 0 Å². The number of carboxylic acid groups (broad SMARTS) is 1. The number of pyridine rings is 1. The van der Waals surface area contributed by atoms with Gasteiger partial charge in [-0.15, -0.1) is 0 Å². The van der Waals surface area contributed by atoms with Gasteiger partial charge in [0.05, 0.1) is 36.8 Å². The fourth-order valence-corrected chi connectivity index (χ4v) is 4.73. The van der Waals surface area contributed by atoms with Gasteiger partial charge in [0, 0.05) is 37.9 Å². The first-order chi connectivity index (χ1) is 19.5. The van der Waals surface area contributed by atoms with Crippen LogP contribution < -0.4 is 9.64 Å². The summed E-state index contributed by atoms with van der Waals surface area (Å²) in [6.45, 7) is 1.98. The number of aromatic carboxylic acids is 1. The van der Waals surface area contributed by atoms with Crippen molar-refractivity contribution in [3.63, 3.8) is 0 Å². The zero-order valence-electron chi connectivity index (χ0n) is 22.4. The Kier molecular flexibility index (Phi) is 9.21. The van der Waals surface area contributed by atoms with Gasteiger partial charge >= 0.3 is 12.1 Å². The number of methoxy groups -OCH3 is 1. The van der Waals surface area contributed by atoms with Crippen LogP contribution in [0.25, 0.3) is 0 Å². The summed E-state index contributed by atoms with van der Waals surface area (Å²) >= 11 is 0. The van der Waals surface area contributed by atoms with Gasteiger partial charge in [0.1, 0.15) is 5.56 Å². The number of carbonyl (C=O) groups is 2. The number of carbonyl (C=O) groups excluding carboxylic acids is 1. The van der Waals surface area contributed by atoms with Gasteiger partial charge in [0.2, 0.25) is 11.8 Å². The molecule has 1 aliphatic rings. The van der Waals surface area contributed by atoms with E-state index < -0.39 is 40.7 Å². The number of ether oxygens (including phenoxy) is 2. The SMILES string of the molecule is COCCN(c1cc(F)c(Oc2ncc(Cn3nccn3)cc2C(F)(F)F)cc1C(=O)O)C(=O)[C@H]1CC[C@H](C)CC1. The fourth-order valence-electron chi connectivity index (χ4n) is 4.73. The van der Waals surface area contributed by atoms with Crippen LogP contribution in [-0.4, -0.2) is 57.2 Å². The molecule has 4 rings (SSSR count). The summed E-state index contributed by atoms with van der Waals surface area (Å²) in [5.74, 6) is -4.75. The van der Waals surface area contributed by atoms with Crippen molar-refractivity contribution in [2.45, 2.75) is 45.3 Å². The molecule has 0 bridgehead atoms. The van der Waals surface area contributed by atoms with E-state index >= 15 is 4.39 Å². The molecule has 0 saturated heterocycles. The van der Waals surface area contributed by atoms with E-state index in [4.69, 9.17) is 9.47 Å². The summed E-state index contributed by atoms with van der Waals surface area (Å²) < 4.78 is 67.3. The maximum atomic E-state index is 15.4. The van der Waals surface area contributed by atoms with Crippen LogP contribution in [0.4, 0.5) is 23.2 Å². The molecule has 3 aromatic rings. The molecule has 0 atom stereocenters. The number of halogens is 4. The third-order valence-corrected chi connectivity index (χ3v) is 6.93. The van der Waals surface area contributed by atoms with Crippen molar-refractivity contribution in [2.24, 2.45) is 11.8 Å². The second kappa shape index (κ2) is 12.6. The predicted octanol–water partition coefficient (Wildman–Crippen LogP) is 5.18. The Bertz CT molecular complexity index is 1380. The highest BCUT2D eigenvalue weighted by Crippen LogP contribution is 2.40. The minimum atomic E-state index is -4.93. The smallest absolute Gasteiger partial charge is 0.421 e. The molecule has 1 N–H and O–H groups in total. The first-order valence-corrected chi connectivity index (χ1v) is 12.9. The summed E-state index contributed by atoms with van der Waals surface area (Å²) in [4.78, 5) is 31.7. The van der Waals surface area contributed by atoms with Gasteiger partial charge < -0.3 is 19.5 Å². The number of amides is 1. The van der Waals surface area contributed by atoms with Gasteiger partial charge in [-0.1, -0.05) is 6.92 Å². The van der Waals surface area contributed by atoms with Gasteiger partial charge in [-0.05, 0) is 43.2 Å². The molecule has 0 unspecified atom stereocenters. The molecule has 2 aromatic heterocycles. The third kappa shape index (κ3) is 7.17. The Balaban J connectivity index is 1.69. The van der Waals surface area contributed by atoms with E-state index in [9.17, 15) is 27.9 Å². The van der Waals surface area contributed by atoms with Crippen molar-refractivity contribution in [3.05, 3.63) is 59.3 Å². The minimum Gasteiger partial charge on any atom is -0.478 e. The molecule has 0 spiro atoms. The van der Waals surface area contributed by atoms with Crippen LogP contribution in [-0.2, 0) is 22.3 Å². The Labute approximate surface area is 232 Å². The lowest BCUT2D eigenvalue weighted by molar-refractivity contribution is -0.139. The Morgan fingerprint density at radius 1 is 1.12 bits per heavy atom. The van der Waals surface area contributed by atoms with Crippen LogP contribution in [0.5, 0.6) is 11.6 Å². The largest absolute Gasteiger partial charge is 0.478 e. The van der Waals surface area contributed by atoms with Gasteiger partial charge in [-0.25, -0.2) is 14.2 Å². The summed E-state index contributed by atoms with van der Waals surface area (Å²) in [6.07, 6.45) is 1.75. The highest BCUT2D eigenvalue weighted by Gasteiger charge is 2.37. The van der Waals surface area contributed by atoms with E-state index in [1.165, 1.54) is 19.5 Å². The zero-order valence-corrected chi connectivity index (χ0v) is 22.4. The molecule has 1 aliphatic carbocycles. The number of alkyl halides is 3. The van der Waals surface area contributed by atoms with Crippen molar-refractivity contribution in [1.29, 1.82) is 0 Å². The summed E-state index contributed by atoms with van der Waals surface area (Å²) in [5.41, 5.74) is -1.96. The van der Waals surface area contributed by atoms with Gasteiger partial charge in [-0.2, -0.15) is 28.2 Å². The fraction of sp³-hybridized carbons (Fsp3) is 0.444. The van der Waals surface area contributed by atoms with Crippen molar-refractivity contribution in [2.75, 3.05) is 25.2 Å². The number of hydrogen-bond donors (Lipinski definition) is 1. The highest BCUT2D eigenvalue weighted by molar-refractivity contribution is 6.03. The van der Waals surface area contributed by atoms with E-state index in [0.29, 0.717) is 18.8 Å². The number of carboxylic acids is 1. The lowest BCUT2D eigenvalue weighted by Crippen LogP contribution is -2.40. The number of hydrogen-bond acceptors (Lipinski definition) is 7. The van der Waals surface area contributed by atoms with Crippen molar-refractivity contribution >= 4 is 17.6 Å². The maximum absolute atomic E-state index is 15.4. The molecule has 41 heavy (non-hydrogen) atoms. The second-order valence-corrected chi connectivity index (χ2v) is 9.90. The quantitative estimate of drug-likeness (QED) is 0.327. The van der Waals surface area contributed by atoms with Crippen LogP contribution in [0.1, 0.15) is 54.1 Å². The third-order valence-electron chi connectivity index (χ3n) is 6.93. The van der Waals surface area contributed by atoms with E-state index in [-0.39, 0.29) is 42.8 Å². The Morgan fingerprint density at radius 3 is 2.41 bits per heavy atom. The van der Waals surface area contributed by atoms with Crippen LogP contribution in [0.2, 0.25) is 0 Å². The highest BCUT2D eigenvalue weighted by atomic mass is 19.4. The van der Waals surface area contributed by atoms with E-state index in [1.54, 1.807) is 0 Å². The lowest BCUT2D eigenvalue weighted by Gasteiger charge is -2.32. The van der Waals surface area contributed by atoms with Crippen LogP contribution >= 0.6 is 0 Å².